The van der Waals surface area contributed by atoms with Crippen LogP contribution in [0.2, 0.25) is 10.2 Å². The highest BCUT2D eigenvalue weighted by Gasteiger charge is 2.27. The number of nitrogens with one attached hydrogen (secondary N) is 1. The lowest BCUT2D eigenvalue weighted by Crippen LogP contribution is -2.39. The Labute approximate surface area is 224 Å². The number of rotatable bonds is 8. The maximum absolute atomic E-state index is 13.4. The van der Waals surface area contributed by atoms with Crippen LogP contribution in [0.3, 0.4) is 0 Å². The summed E-state index contributed by atoms with van der Waals surface area (Å²) in [6, 6.07) is 19.7. The highest BCUT2D eigenvalue weighted by atomic mass is 35.5. The largest absolute Gasteiger partial charge is 0.497 e. The lowest BCUT2D eigenvalue weighted by Gasteiger charge is -2.24. The van der Waals surface area contributed by atoms with E-state index in [-0.39, 0.29) is 15.7 Å². The van der Waals surface area contributed by atoms with Gasteiger partial charge in [0.15, 0.2) is 0 Å². The number of aromatic nitrogens is 1. The third kappa shape index (κ3) is 6.19. The summed E-state index contributed by atoms with van der Waals surface area (Å²) in [6.45, 7) is 1.32. The van der Waals surface area contributed by atoms with E-state index < -0.39 is 22.5 Å². The van der Waals surface area contributed by atoms with Crippen molar-refractivity contribution in [2.45, 2.75) is 11.8 Å². The Morgan fingerprint density at radius 3 is 2.54 bits per heavy atom. The van der Waals surface area contributed by atoms with E-state index in [0.717, 1.165) is 15.3 Å². The summed E-state index contributed by atoms with van der Waals surface area (Å²) >= 11 is 12.4. The second kappa shape index (κ2) is 11.2. The van der Waals surface area contributed by atoms with E-state index in [1.807, 2.05) is 13.0 Å². The number of hydrogen-bond donors (Lipinski definition) is 1. The number of aryl methyl sites for hydroxylation is 1. The molecule has 190 valence electrons. The van der Waals surface area contributed by atoms with Crippen LogP contribution in [0.1, 0.15) is 11.1 Å². The minimum Gasteiger partial charge on any atom is -0.497 e. The highest BCUT2D eigenvalue weighted by molar-refractivity contribution is 7.92. The first-order chi connectivity index (χ1) is 17.7. The van der Waals surface area contributed by atoms with Crippen LogP contribution in [0, 0.1) is 6.92 Å². The number of ether oxygens (including phenoxy) is 1. The number of carbonyl (C=O) groups excluding carboxylic acids is 1. The molecule has 0 unspecified atom stereocenters. The van der Waals surface area contributed by atoms with Crippen molar-refractivity contribution in [2.75, 3.05) is 18.0 Å². The number of carbonyl (C=O) groups is 1. The molecular formula is C26H22Cl2N4O4S. The number of pyridine rings is 1. The molecule has 0 aliphatic rings. The molecule has 1 aromatic heterocycles. The van der Waals surface area contributed by atoms with Gasteiger partial charge in [-0.15, -0.1) is 0 Å². The van der Waals surface area contributed by atoms with Gasteiger partial charge in [0.2, 0.25) is 0 Å². The number of nitrogens with zero attached hydrogens (tertiary/aromatic N) is 3. The molecule has 1 N–H and O–H groups in total. The zero-order valence-corrected chi connectivity index (χ0v) is 22.2. The smallest absolute Gasteiger partial charge is 0.264 e. The molecule has 0 fully saturated rings. The minimum atomic E-state index is -4.08. The van der Waals surface area contributed by atoms with Gasteiger partial charge < -0.3 is 4.74 Å². The van der Waals surface area contributed by atoms with Gasteiger partial charge in [-0.3, -0.25) is 9.10 Å². The van der Waals surface area contributed by atoms with Crippen molar-refractivity contribution in [1.82, 2.24) is 10.4 Å². The maximum atomic E-state index is 13.4. The fourth-order valence-electron chi connectivity index (χ4n) is 3.48. The van der Waals surface area contributed by atoms with Crippen LogP contribution in [-0.4, -0.2) is 39.2 Å². The van der Waals surface area contributed by atoms with E-state index in [4.69, 9.17) is 27.9 Å². The van der Waals surface area contributed by atoms with Gasteiger partial charge in [-0.1, -0.05) is 47.0 Å². The van der Waals surface area contributed by atoms with Crippen molar-refractivity contribution < 1.29 is 17.9 Å². The molecule has 0 radical (unpaired) electrons. The summed E-state index contributed by atoms with van der Waals surface area (Å²) < 4.78 is 33.0. The summed E-state index contributed by atoms with van der Waals surface area (Å²) in [7, 11) is -2.51. The molecule has 0 bridgehead atoms. The minimum absolute atomic E-state index is 0.0417. The van der Waals surface area contributed by atoms with Gasteiger partial charge in [0.05, 0.1) is 29.4 Å². The standard InChI is InChI=1S/C26H22Cl2N4O4S/c1-17-6-10-23(11-7-17)37(34,35)32(21-5-3-4-20(27)13-21)16-25(33)31-29-15-19-12-18-8-9-22(36-2)14-24(18)30-26(19)28/h3-15H,16H2,1-2H3,(H,31,33)/b29-15-. The molecule has 8 nitrogen and oxygen atoms in total. The van der Waals surface area contributed by atoms with Crippen LogP contribution in [0.25, 0.3) is 10.9 Å². The Hall–Kier alpha value is -3.66. The summed E-state index contributed by atoms with van der Waals surface area (Å²) in [5.74, 6) is -0.0175. The molecule has 1 amide bonds. The van der Waals surface area contributed by atoms with Crippen LogP contribution >= 0.6 is 23.2 Å². The molecular weight excluding hydrogens is 535 g/mol. The van der Waals surface area contributed by atoms with Crippen LogP contribution in [0.15, 0.2) is 82.8 Å². The Bertz CT molecular complexity index is 1590. The van der Waals surface area contributed by atoms with Crippen LogP contribution in [0.4, 0.5) is 5.69 Å². The van der Waals surface area contributed by atoms with E-state index >= 15 is 0 Å². The topological polar surface area (TPSA) is 101 Å². The summed E-state index contributed by atoms with van der Waals surface area (Å²) in [6.07, 6.45) is 1.34. The van der Waals surface area contributed by atoms with Gasteiger partial charge >= 0.3 is 0 Å². The molecule has 0 atom stereocenters. The van der Waals surface area contributed by atoms with E-state index in [0.29, 0.717) is 21.9 Å². The quantitative estimate of drug-likeness (QED) is 0.182. The van der Waals surface area contributed by atoms with Gasteiger partial charge in [-0.05, 0) is 55.5 Å². The van der Waals surface area contributed by atoms with Gasteiger partial charge in [-0.25, -0.2) is 18.8 Å². The molecule has 3 aromatic carbocycles. The zero-order chi connectivity index (χ0) is 26.6. The van der Waals surface area contributed by atoms with Gasteiger partial charge in [0, 0.05) is 22.0 Å². The first kappa shape index (κ1) is 26.4. The molecule has 11 heteroatoms. The molecule has 4 rings (SSSR count). The van der Waals surface area contributed by atoms with E-state index in [1.165, 1.54) is 24.4 Å². The normalized spacial score (nSPS) is 11.6. The van der Waals surface area contributed by atoms with Gasteiger partial charge in [0.1, 0.15) is 17.4 Å². The second-order valence-corrected chi connectivity index (χ2v) is 10.7. The molecule has 0 saturated heterocycles. The van der Waals surface area contributed by atoms with Crippen LogP contribution in [0.5, 0.6) is 5.75 Å². The number of methoxy groups -OCH3 is 1. The predicted octanol–water partition coefficient (Wildman–Crippen LogP) is 5.20. The molecule has 0 aliphatic heterocycles. The number of hydrogen-bond acceptors (Lipinski definition) is 6. The fraction of sp³-hybridized carbons (Fsp3) is 0.115. The Morgan fingerprint density at radius 1 is 1.08 bits per heavy atom. The van der Waals surface area contributed by atoms with Crippen molar-refractivity contribution in [3.8, 4) is 5.75 Å². The maximum Gasteiger partial charge on any atom is 0.264 e. The zero-order valence-electron chi connectivity index (χ0n) is 19.9. The fourth-order valence-corrected chi connectivity index (χ4v) is 5.27. The Balaban J connectivity index is 1.56. The van der Waals surface area contributed by atoms with E-state index in [1.54, 1.807) is 55.6 Å². The number of amides is 1. The monoisotopic (exact) mass is 556 g/mol. The summed E-state index contributed by atoms with van der Waals surface area (Å²) in [5, 5.41) is 5.26. The third-order valence-electron chi connectivity index (χ3n) is 5.39. The average Bonchev–Trinajstić information content (AvgIpc) is 2.87. The van der Waals surface area contributed by atoms with Gasteiger partial charge in [0.25, 0.3) is 15.9 Å². The SMILES string of the molecule is COc1ccc2cc(/C=N\NC(=O)CN(c3cccc(Cl)c3)S(=O)(=O)c3ccc(C)cc3)c(Cl)nc2c1. The number of benzene rings is 3. The summed E-state index contributed by atoms with van der Waals surface area (Å²) in [5.41, 5.74) is 4.61. The number of fused-ring (bicyclic) bond motifs is 1. The molecule has 0 aliphatic carbocycles. The number of sulfonamides is 1. The lowest BCUT2D eigenvalue weighted by molar-refractivity contribution is -0.119. The Morgan fingerprint density at radius 2 is 1.84 bits per heavy atom. The lowest BCUT2D eigenvalue weighted by atomic mass is 10.1. The second-order valence-electron chi connectivity index (χ2n) is 8.02. The van der Waals surface area contributed by atoms with Crippen molar-refractivity contribution in [3.63, 3.8) is 0 Å². The number of hydrazone groups is 1. The average molecular weight is 557 g/mol. The first-order valence-corrected chi connectivity index (χ1v) is 13.2. The highest BCUT2D eigenvalue weighted by Crippen LogP contribution is 2.26. The van der Waals surface area contributed by atoms with Crippen molar-refractivity contribution in [3.05, 3.63) is 94.1 Å². The molecule has 0 saturated carbocycles. The van der Waals surface area contributed by atoms with Gasteiger partial charge in [-0.2, -0.15) is 5.10 Å². The predicted molar refractivity (Wildman–Crippen MR) is 146 cm³/mol. The molecule has 0 spiro atoms. The molecule has 37 heavy (non-hydrogen) atoms. The summed E-state index contributed by atoms with van der Waals surface area (Å²) in [4.78, 5) is 17.1. The molecule has 1 heterocycles. The van der Waals surface area contributed by atoms with E-state index in [2.05, 4.69) is 15.5 Å². The first-order valence-electron chi connectivity index (χ1n) is 11.0. The van der Waals surface area contributed by atoms with Crippen LogP contribution in [-0.2, 0) is 14.8 Å². The van der Waals surface area contributed by atoms with Crippen molar-refractivity contribution in [2.24, 2.45) is 5.10 Å². The van der Waals surface area contributed by atoms with E-state index in [9.17, 15) is 13.2 Å². The Kier molecular flexibility index (Phi) is 7.97. The van der Waals surface area contributed by atoms with Crippen molar-refractivity contribution in [1.29, 1.82) is 0 Å². The number of halogens is 2. The third-order valence-corrected chi connectivity index (χ3v) is 7.72. The van der Waals surface area contributed by atoms with Crippen LogP contribution < -0.4 is 14.5 Å². The van der Waals surface area contributed by atoms with Crippen molar-refractivity contribution >= 4 is 61.9 Å². The number of anilines is 1. The molecule has 4 aromatic rings.